The first-order valence-corrected chi connectivity index (χ1v) is 7.48. The van der Waals surface area contributed by atoms with E-state index in [0.717, 1.165) is 6.07 Å². The third-order valence-corrected chi connectivity index (χ3v) is 4.17. The Bertz CT molecular complexity index is 1080. The van der Waals surface area contributed by atoms with Gasteiger partial charge in [-0.05, 0) is 24.1 Å². The zero-order valence-electron chi connectivity index (χ0n) is 13.6. The van der Waals surface area contributed by atoms with Crippen molar-refractivity contribution in [2.75, 3.05) is 0 Å². The molecule has 0 bridgehead atoms. The van der Waals surface area contributed by atoms with Crippen LogP contribution in [0.4, 0.5) is 22.0 Å². The minimum atomic E-state index is -3.34. The summed E-state index contributed by atoms with van der Waals surface area (Å²) in [5.41, 5.74) is -3.47. The predicted molar refractivity (Wildman–Crippen MR) is 88.5 cm³/mol. The first kappa shape index (κ1) is 18.5. The van der Waals surface area contributed by atoms with Gasteiger partial charge in [0.1, 0.15) is 17.2 Å². The molecule has 1 N–H and O–H groups in total. The molecule has 0 saturated carbocycles. The number of hydrogen-bond donors (Lipinski definition) is 1. The fourth-order valence-corrected chi connectivity index (χ4v) is 2.95. The average Bonchev–Trinajstić information content (AvgIpc) is 2.98. The fourth-order valence-electron chi connectivity index (χ4n) is 2.95. The van der Waals surface area contributed by atoms with Crippen molar-refractivity contribution in [3.63, 3.8) is 0 Å². The van der Waals surface area contributed by atoms with E-state index in [1.54, 1.807) is 6.92 Å². The normalized spacial score (nSPS) is 17.5. The molecule has 10 heteroatoms. The van der Waals surface area contributed by atoms with E-state index in [0.29, 0.717) is 11.1 Å². The summed E-state index contributed by atoms with van der Waals surface area (Å²) in [6.45, 7) is 8.82. The Balaban J connectivity index is 2.36. The van der Waals surface area contributed by atoms with E-state index < -0.39 is 47.3 Å². The topological polar surface area (TPSA) is 67.7 Å². The van der Waals surface area contributed by atoms with E-state index in [9.17, 15) is 27.4 Å². The van der Waals surface area contributed by atoms with Gasteiger partial charge in [-0.1, -0.05) is 0 Å². The number of fused-ring (bicyclic) bond motifs is 1. The van der Waals surface area contributed by atoms with Gasteiger partial charge in [0.05, 0.1) is 18.0 Å². The van der Waals surface area contributed by atoms with Gasteiger partial charge in [-0.15, -0.1) is 0 Å². The summed E-state index contributed by atoms with van der Waals surface area (Å²) in [4.78, 5) is 6.11. The summed E-state index contributed by atoms with van der Waals surface area (Å²) in [6.07, 6.45) is -6.68. The van der Waals surface area contributed by atoms with Crippen molar-refractivity contribution in [1.29, 1.82) is 0 Å². The van der Waals surface area contributed by atoms with Crippen molar-refractivity contribution in [2.24, 2.45) is 4.99 Å². The molecule has 1 atom stereocenters. The highest BCUT2D eigenvalue weighted by molar-refractivity contribution is 6.12. The third-order valence-electron chi connectivity index (χ3n) is 4.17. The number of benzene rings is 1. The molecule has 0 fully saturated rings. The molecule has 0 aliphatic carbocycles. The largest absolute Gasteiger partial charge is 0.763 e. The summed E-state index contributed by atoms with van der Waals surface area (Å²) >= 11 is 0. The lowest BCUT2D eigenvalue weighted by Crippen LogP contribution is -2.26. The number of aliphatic imine (C=N–C) groups is 1. The van der Waals surface area contributed by atoms with Crippen molar-refractivity contribution in [2.45, 2.75) is 25.7 Å². The summed E-state index contributed by atoms with van der Waals surface area (Å²) in [6, 6.07) is 2.20. The molecule has 2 heterocycles. The molecule has 27 heavy (non-hydrogen) atoms. The van der Waals surface area contributed by atoms with Crippen molar-refractivity contribution in [1.82, 2.24) is 10.2 Å². The quantitative estimate of drug-likeness (QED) is 0.481. The van der Waals surface area contributed by atoms with Crippen LogP contribution < -0.4 is 0 Å². The van der Waals surface area contributed by atoms with E-state index in [-0.39, 0.29) is 11.1 Å². The highest BCUT2D eigenvalue weighted by Gasteiger charge is 2.38. The van der Waals surface area contributed by atoms with Crippen LogP contribution in [0.5, 0.6) is 0 Å². The van der Waals surface area contributed by atoms with Crippen LogP contribution in [0, 0.1) is 19.3 Å². The molecule has 1 aliphatic rings. The molecule has 0 radical (unpaired) electrons. The van der Waals surface area contributed by atoms with Crippen molar-refractivity contribution < 1.29 is 22.0 Å². The monoisotopic (exact) mass is 378 g/mol. The van der Waals surface area contributed by atoms with Crippen molar-refractivity contribution >= 4 is 22.5 Å². The maximum Gasteiger partial charge on any atom is 0.281 e. The highest BCUT2D eigenvalue weighted by Crippen LogP contribution is 2.42. The number of aromatic amines is 1. The second kappa shape index (κ2) is 6.78. The zero-order chi connectivity index (χ0) is 19.9. The number of halogens is 5. The molecule has 138 valence electrons. The molecule has 2 aromatic rings. The van der Waals surface area contributed by atoms with Gasteiger partial charge >= 0.3 is 0 Å². The lowest BCUT2D eigenvalue weighted by atomic mass is 9.82. The highest BCUT2D eigenvalue weighted by atomic mass is 19.3. The number of allylic oxidation sites excluding steroid dienone is 2. The van der Waals surface area contributed by atoms with Crippen LogP contribution in [0.25, 0.3) is 21.2 Å². The van der Waals surface area contributed by atoms with Crippen LogP contribution in [0.15, 0.2) is 34.1 Å². The molecular weight excluding hydrogens is 369 g/mol. The van der Waals surface area contributed by atoms with Crippen LogP contribution in [-0.2, 0) is 0 Å². The van der Waals surface area contributed by atoms with Gasteiger partial charge < -0.3 is 5.41 Å². The maximum absolute atomic E-state index is 14.7. The Kier molecular flexibility index (Phi) is 4.64. The smallest absolute Gasteiger partial charge is 0.281 e. The number of hydrogen-bond acceptors (Lipinski definition) is 2. The second-order valence-corrected chi connectivity index (χ2v) is 5.68. The van der Waals surface area contributed by atoms with E-state index in [2.05, 4.69) is 20.0 Å². The summed E-state index contributed by atoms with van der Waals surface area (Å²) in [5.74, 6) is -1.19. The van der Waals surface area contributed by atoms with Gasteiger partial charge in [0, 0.05) is 17.1 Å². The summed E-state index contributed by atoms with van der Waals surface area (Å²) in [7, 11) is 0. The second-order valence-electron chi connectivity index (χ2n) is 5.68. The van der Waals surface area contributed by atoms with Crippen LogP contribution in [0.1, 0.15) is 17.2 Å². The Morgan fingerprint density at radius 1 is 1.26 bits per heavy atom. The van der Waals surface area contributed by atoms with Gasteiger partial charge in [0.2, 0.25) is 5.70 Å². The third kappa shape index (κ3) is 2.92. The van der Waals surface area contributed by atoms with Crippen LogP contribution in [-0.4, -0.2) is 34.6 Å². The number of aromatic nitrogens is 2. The van der Waals surface area contributed by atoms with E-state index in [1.165, 1.54) is 11.9 Å². The molecule has 1 aromatic heterocycles. The average molecular weight is 378 g/mol. The Hall–Kier alpha value is -3.31. The molecule has 1 unspecified atom stereocenters. The van der Waals surface area contributed by atoms with Gasteiger partial charge in [-0.25, -0.2) is 26.8 Å². The summed E-state index contributed by atoms with van der Waals surface area (Å²) in [5, 5.41) is 16.2. The number of nitrogens with zero attached hydrogens (tertiary/aromatic N) is 4. The molecule has 0 amide bonds. The Labute approximate surface area is 149 Å². The lowest BCUT2D eigenvalue weighted by Gasteiger charge is -2.27. The number of H-pyrrole nitrogens is 1. The molecule has 1 aliphatic heterocycles. The zero-order valence-corrected chi connectivity index (χ0v) is 13.6. The van der Waals surface area contributed by atoms with Gasteiger partial charge in [-0.3, -0.25) is 16.0 Å². The SMILES string of the molecule is [C-]#[N+]C1=C(C(F)F)N=C(C(F)F)C(=C=[N-])C1c1cc2c(C)[nH]nc2cc1F. The van der Waals surface area contributed by atoms with E-state index in [1.807, 2.05) is 0 Å². The minimum Gasteiger partial charge on any atom is -0.763 e. The molecule has 0 saturated heterocycles. The number of alkyl halides is 4. The van der Waals surface area contributed by atoms with E-state index >= 15 is 0 Å². The molecule has 5 nitrogen and oxygen atoms in total. The molecule has 1 aromatic carbocycles. The van der Waals surface area contributed by atoms with Crippen LogP contribution in [0.3, 0.4) is 0 Å². The molecular formula is C17H9F5N5-. The fraction of sp³-hybridized carbons (Fsp3) is 0.235. The lowest BCUT2D eigenvalue weighted by molar-refractivity contribution is 0.184. The molecule has 3 rings (SSSR count). The van der Waals surface area contributed by atoms with E-state index in [4.69, 9.17) is 6.57 Å². The van der Waals surface area contributed by atoms with Crippen molar-refractivity contribution in [3.8, 4) is 0 Å². The summed E-state index contributed by atoms with van der Waals surface area (Å²) < 4.78 is 68.0. The van der Waals surface area contributed by atoms with Gasteiger partial charge in [0.25, 0.3) is 12.9 Å². The first-order chi connectivity index (χ1) is 12.8. The maximum atomic E-state index is 14.7. The minimum absolute atomic E-state index is 0.230. The van der Waals surface area contributed by atoms with Gasteiger partial charge in [0.15, 0.2) is 0 Å². The van der Waals surface area contributed by atoms with Crippen LogP contribution >= 0.6 is 0 Å². The number of nitrogens with one attached hydrogen (secondary N) is 1. The van der Waals surface area contributed by atoms with Crippen molar-refractivity contribution in [3.05, 3.63) is 63.0 Å². The molecule has 0 spiro atoms. The Morgan fingerprint density at radius 2 is 1.96 bits per heavy atom. The standard InChI is InChI=1S/C17H9F5N5/c1-6-7-3-8(10(18)4-11(7)27-26-6)12-9(5-23)13(16(19)20)25-15(17(21)22)14(12)24-2/h3-4,12,16-17H,1H3,(H,26,27)/q-1. The predicted octanol–water partition coefficient (Wildman–Crippen LogP) is 4.38. The van der Waals surface area contributed by atoms with Crippen LogP contribution in [0.2, 0.25) is 0 Å². The Morgan fingerprint density at radius 3 is 2.52 bits per heavy atom. The first-order valence-electron chi connectivity index (χ1n) is 7.48. The van der Waals surface area contributed by atoms with Gasteiger partial charge in [-0.2, -0.15) is 5.10 Å². The number of aryl methyl sites for hydroxylation is 1. The number of rotatable bonds is 3.